The monoisotopic (exact) mass is 253 g/mol. The van der Waals surface area contributed by atoms with Crippen molar-refractivity contribution in [3.05, 3.63) is 35.4 Å². The molecule has 1 N–H and O–H groups in total. The Morgan fingerprint density at radius 3 is 2.28 bits per heavy atom. The lowest BCUT2D eigenvalue weighted by Gasteiger charge is -2.27. The lowest BCUT2D eigenvalue weighted by atomic mass is 9.87. The highest BCUT2D eigenvalue weighted by atomic mass is 19.1. The third-order valence-electron chi connectivity index (χ3n) is 3.78. The number of hydrogen-bond donors (Lipinski definition) is 1. The van der Waals surface area contributed by atoms with E-state index in [1.165, 1.54) is 37.8 Å². The zero-order valence-corrected chi connectivity index (χ0v) is 10.9. The van der Waals surface area contributed by atoms with Gasteiger partial charge in [0.2, 0.25) is 0 Å². The lowest BCUT2D eigenvalue weighted by Crippen LogP contribution is -2.34. The summed E-state index contributed by atoms with van der Waals surface area (Å²) in [5.74, 6) is -0.131. The Labute approximate surface area is 108 Å². The van der Waals surface area contributed by atoms with Gasteiger partial charge in [-0.2, -0.15) is 0 Å². The van der Waals surface area contributed by atoms with E-state index in [9.17, 15) is 8.78 Å². The van der Waals surface area contributed by atoms with Crippen LogP contribution in [-0.4, -0.2) is 12.6 Å². The molecule has 1 aliphatic carbocycles. The van der Waals surface area contributed by atoms with Gasteiger partial charge in [-0.05, 0) is 62.3 Å². The van der Waals surface area contributed by atoms with Crippen LogP contribution in [0.2, 0.25) is 0 Å². The maximum atomic E-state index is 13.0. The Morgan fingerprint density at radius 2 is 1.67 bits per heavy atom. The van der Waals surface area contributed by atoms with E-state index in [-0.39, 0.29) is 0 Å². The van der Waals surface area contributed by atoms with E-state index < -0.39 is 11.6 Å². The molecule has 18 heavy (non-hydrogen) atoms. The van der Waals surface area contributed by atoms with Crippen molar-refractivity contribution in [2.75, 3.05) is 6.54 Å². The van der Waals surface area contributed by atoms with E-state index in [0.717, 1.165) is 24.1 Å². The van der Waals surface area contributed by atoms with Gasteiger partial charge in [-0.15, -0.1) is 0 Å². The molecule has 1 aromatic carbocycles. The maximum Gasteiger partial charge on any atom is 0.126 e. The molecule has 3 heteroatoms. The Bertz CT molecular complexity index is 364. The van der Waals surface area contributed by atoms with Crippen LogP contribution in [0.25, 0.3) is 0 Å². The Hall–Kier alpha value is -0.960. The van der Waals surface area contributed by atoms with Crippen molar-refractivity contribution in [1.82, 2.24) is 5.32 Å². The first-order chi connectivity index (χ1) is 8.63. The van der Waals surface area contributed by atoms with Gasteiger partial charge in [-0.1, -0.05) is 6.92 Å². The molecule has 0 aliphatic heterocycles. The van der Waals surface area contributed by atoms with Crippen molar-refractivity contribution >= 4 is 0 Å². The van der Waals surface area contributed by atoms with E-state index in [1.54, 1.807) is 0 Å². The molecule has 0 amide bonds. The molecular formula is C15H21F2N. The molecule has 1 saturated carbocycles. The third kappa shape index (κ3) is 4.05. The van der Waals surface area contributed by atoms with Crippen LogP contribution < -0.4 is 5.32 Å². The molecule has 100 valence electrons. The highest BCUT2D eigenvalue weighted by molar-refractivity contribution is 5.18. The summed E-state index contributed by atoms with van der Waals surface area (Å²) in [6, 6.07) is 4.32. The predicted octanol–water partition coefficient (Wildman–Crippen LogP) is 3.68. The standard InChI is InChI=1S/C15H21F2N/c1-11-2-4-15(5-3-11)18-7-6-12-8-13(16)10-14(17)9-12/h8-11,15,18H,2-7H2,1H3. The highest BCUT2D eigenvalue weighted by Crippen LogP contribution is 2.23. The number of benzene rings is 1. The van der Waals surface area contributed by atoms with Crippen LogP contribution >= 0.6 is 0 Å². The van der Waals surface area contributed by atoms with Crippen molar-refractivity contribution in [1.29, 1.82) is 0 Å². The summed E-state index contributed by atoms with van der Waals surface area (Å²) >= 11 is 0. The molecule has 2 rings (SSSR count). The first-order valence-corrected chi connectivity index (χ1v) is 6.82. The molecule has 1 aliphatic rings. The molecule has 0 atom stereocenters. The number of rotatable bonds is 4. The van der Waals surface area contributed by atoms with Crippen LogP contribution in [0, 0.1) is 17.6 Å². The van der Waals surface area contributed by atoms with Crippen molar-refractivity contribution in [2.45, 2.75) is 45.1 Å². The quantitative estimate of drug-likeness (QED) is 0.863. The van der Waals surface area contributed by atoms with Crippen LogP contribution in [0.1, 0.15) is 38.2 Å². The van der Waals surface area contributed by atoms with Gasteiger partial charge in [0, 0.05) is 12.1 Å². The van der Waals surface area contributed by atoms with Crippen LogP contribution in [0.4, 0.5) is 8.78 Å². The molecule has 0 unspecified atom stereocenters. The summed E-state index contributed by atoms with van der Waals surface area (Å²) in [4.78, 5) is 0. The largest absolute Gasteiger partial charge is 0.314 e. The Balaban J connectivity index is 1.74. The van der Waals surface area contributed by atoms with Gasteiger partial charge in [-0.25, -0.2) is 8.78 Å². The van der Waals surface area contributed by atoms with Crippen molar-refractivity contribution in [3.63, 3.8) is 0 Å². The molecule has 1 fully saturated rings. The summed E-state index contributed by atoms with van der Waals surface area (Å²) in [5, 5.41) is 3.48. The molecule has 0 aromatic heterocycles. The molecular weight excluding hydrogens is 232 g/mol. The topological polar surface area (TPSA) is 12.0 Å². The molecule has 0 heterocycles. The minimum atomic E-state index is -0.489. The third-order valence-corrected chi connectivity index (χ3v) is 3.78. The van der Waals surface area contributed by atoms with E-state index >= 15 is 0 Å². The molecule has 0 spiro atoms. The van der Waals surface area contributed by atoms with Gasteiger partial charge < -0.3 is 5.32 Å². The minimum absolute atomic E-state index is 0.489. The minimum Gasteiger partial charge on any atom is -0.314 e. The normalized spacial score (nSPS) is 24.2. The lowest BCUT2D eigenvalue weighted by molar-refractivity contribution is 0.309. The second kappa shape index (κ2) is 6.28. The van der Waals surface area contributed by atoms with Crippen LogP contribution in [0.5, 0.6) is 0 Å². The summed E-state index contributed by atoms with van der Waals surface area (Å²) in [6.45, 7) is 3.09. The SMILES string of the molecule is CC1CCC(NCCc2cc(F)cc(F)c2)CC1. The fourth-order valence-electron chi connectivity index (χ4n) is 2.64. The van der Waals surface area contributed by atoms with E-state index in [2.05, 4.69) is 12.2 Å². The van der Waals surface area contributed by atoms with Crippen LogP contribution in [-0.2, 0) is 6.42 Å². The molecule has 1 nitrogen and oxygen atoms in total. The fourth-order valence-corrected chi connectivity index (χ4v) is 2.64. The highest BCUT2D eigenvalue weighted by Gasteiger charge is 2.17. The Kier molecular flexibility index (Phi) is 4.70. The van der Waals surface area contributed by atoms with Gasteiger partial charge >= 0.3 is 0 Å². The van der Waals surface area contributed by atoms with Crippen LogP contribution in [0.3, 0.4) is 0 Å². The first-order valence-electron chi connectivity index (χ1n) is 6.82. The summed E-state index contributed by atoms with van der Waals surface area (Å²) in [6.07, 6.45) is 5.69. The smallest absolute Gasteiger partial charge is 0.126 e. The van der Waals surface area contributed by atoms with Gasteiger partial charge in [0.05, 0.1) is 0 Å². The fraction of sp³-hybridized carbons (Fsp3) is 0.600. The van der Waals surface area contributed by atoms with Gasteiger partial charge in [0.15, 0.2) is 0 Å². The van der Waals surface area contributed by atoms with Gasteiger partial charge in [-0.3, -0.25) is 0 Å². The maximum absolute atomic E-state index is 13.0. The summed E-state index contributed by atoms with van der Waals surface area (Å²) in [5.41, 5.74) is 0.726. The number of hydrogen-bond acceptors (Lipinski definition) is 1. The van der Waals surface area contributed by atoms with Crippen molar-refractivity contribution in [2.24, 2.45) is 5.92 Å². The van der Waals surface area contributed by atoms with E-state index in [0.29, 0.717) is 12.5 Å². The molecule has 0 saturated heterocycles. The summed E-state index contributed by atoms with van der Waals surface area (Å²) < 4.78 is 26.0. The van der Waals surface area contributed by atoms with E-state index in [4.69, 9.17) is 0 Å². The second-order valence-corrected chi connectivity index (χ2v) is 5.44. The number of nitrogens with one attached hydrogen (secondary N) is 1. The molecule has 0 bridgehead atoms. The molecule has 1 aromatic rings. The second-order valence-electron chi connectivity index (χ2n) is 5.44. The zero-order valence-electron chi connectivity index (χ0n) is 10.9. The van der Waals surface area contributed by atoms with Crippen molar-refractivity contribution in [3.8, 4) is 0 Å². The average molecular weight is 253 g/mol. The first kappa shape index (κ1) is 13.5. The van der Waals surface area contributed by atoms with Crippen LogP contribution in [0.15, 0.2) is 18.2 Å². The summed E-state index contributed by atoms with van der Waals surface area (Å²) in [7, 11) is 0. The average Bonchev–Trinajstić information content (AvgIpc) is 2.30. The van der Waals surface area contributed by atoms with Gasteiger partial charge in [0.1, 0.15) is 11.6 Å². The Morgan fingerprint density at radius 1 is 1.06 bits per heavy atom. The number of halogens is 2. The predicted molar refractivity (Wildman–Crippen MR) is 69.5 cm³/mol. The van der Waals surface area contributed by atoms with Gasteiger partial charge in [0.25, 0.3) is 0 Å². The zero-order chi connectivity index (χ0) is 13.0. The van der Waals surface area contributed by atoms with E-state index in [1.807, 2.05) is 0 Å². The molecule has 0 radical (unpaired) electrons. The van der Waals surface area contributed by atoms with Crippen molar-refractivity contribution < 1.29 is 8.78 Å².